The van der Waals surface area contributed by atoms with E-state index in [9.17, 15) is 19.5 Å². The fourth-order valence-corrected chi connectivity index (χ4v) is 3.42. The summed E-state index contributed by atoms with van der Waals surface area (Å²) in [6.45, 7) is 4.83. The number of carboxylic acid groups (broad SMARTS) is 2. The number of rotatable bonds is 12. The molecule has 210 valence electrons. The maximum absolute atomic E-state index is 12.3. The van der Waals surface area contributed by atoms with E-state index in [1.165, 1.54) is 18.3 Å². The van der Waals surface area contributed by atoms with Crippen LogP contribution in [0.15, 0.2) is 77.9 Å². The molecule has 0 aliphatic heterocycles. The molecule has 3 rings (SSSR count). The van der Waals surface area contributed by atoms with Crippen LogP contribution >= 0.6 is 0 Å². The number of anilines is 1. The average Bonchev–Trinajstić information content (AvgIpc) is 2.90. The summed E-state index contributed by atoms with van der Waals surface area (Å²) in [7, 11) is 0. The molecule has 40 heavy (non-hydrogen) atoms. The van der Waals surface area contributed by atoms with Crippen LogP contribution in [0.1, 0.15) is 43.5 Å². The lowest BCUT2D eigenvalue weighted by Crippen LogP contribution is -2.29. The molecule has 0 radical (unpaired) electrons. The zero-order chi connectivity index (χ0) is 29.1. The fourth-order valence-electron chi connectivity index (χ4n) is 3.42. The maximum atomic E-state index is 12.3. The van der Waals surface area contributed by atoms with Crippen LogP contribution in [0.3, 0.4) is 0 Å². The van der Waals surface area contributed by atoms with Crippen molar-refractivity contribution in [1.29, 1.82) is 0 Å². The number of nitrogens with zero attached hydrogens (tertiary/aromatic N) is 1. The van der Waals surface area contributed by atoms with Gasteiger partial charge in [0.15, 0.2) is 12.6 Å². The van der Waals surface area contributed by atoms with Crippen molar-refractivity contribution in [2.24, 2.45) is 5.10 Å². The van der Waals surface area contributed by atoms with Gasteiger partial charge in [-0.1, -0.05) is 42.5 Å². The molecular weight excluding hydrogens is 518 g/mol. The van der Waals surface area contributed by atoms with E-state index in [2.05, 4.69) is 15.8 Å². The molecule has 11 heteroatoms. The highest BCUT2D eigenvalue weighted by atomic mass is 16.6. The molecule has 0 aromatic heterocycles. The number of nitrogens with one attached hydrogen (secondary N) is 2. The molecule has 0 saturated carbocycles. The topological polar surface area (TPSA) is 156 Å². The van der Waals surface area contributed by atoms with Gasteiger partial charge >= 0.3 is 18.0 Å². The standard InChI is InChI=1S/C29H31N3O8/c1-29(2,3)40-28(37)32-30-16-19-9-11-21(12-10-19)31-26(27(35)36)23-15-22(13-14-24(23)39-18-25(33)34)38-17-20-7-5-4-6-8-20/h4-16,26,31H,17-18H2,1-3H3,(H,32,37)(H,33,34)(H,35,36). The van der Waals surface area contributed by atoms with Gasteiger partial charge in [0, 0.05) is 11.3 Å². The third-order valence-electron chi connectivity index (χ3n) is 5.13. The van der Waals surface area contributed by atoms with Gasteiger partial charge < -0.3 is 29.7 Å². The Balaban J connectivity index is 1.77. The Bertz CT molecular complexity index is 1340. The van der Waals surface area contributed by atoms with Gasteiger partial charge in [0.1, 0.15) is 23.7 Å². The number of carboxylic acids is 2. The van der Waals surface area contributed by atoms with Gasteiger partial charge in [-0.05, 0) is 62.2 Å². The van der Waals surface area contributed by atoms with Crippen molar-refractivity contribution in [3.63, 3.8) is 0 Å². The zero-order valence-corrected chi connectivity index (χ0v) is 22.3. The first kappa shape index (κ1) is 29.5. The zero-order valence-electron chi connectivity index (χ0n) is 22.3. The molecule has 4 N–H and O–H groups in total. The van der Waals surface area contributed by atoms with Crippen LogP contribution in [0.5, 0.6) is 11.5 Å². The smallest absolute Gasteiger partial charge is 0.428 e. The molecular formula is C29H31N3O8. The number of ether oxygens (including phenoxy) is 3. The Kier molecular flexibility index (Phi) is 10.1. The third kappa shape index (κ3) is 9.67. The quantitative estimate of drug-likeness (QED) is 0.184. The summed E-state index contributed by atoms with van der Waals surface area (Å²) in [6, 6.07) is 19.3. The van der Waals surface area contributed by atoms with E-state index in [1.54, 1.807) is 51.1 Å². The van der Waals surface area contributed by atoms with E-state index >= 15 is 0 Å². The fraction of sp³-hybridized carbons (Fsp3) is 0.241. The van der Waals surface area contributed by atoms with E-state index < -0.39 is 36.3 Å². The van der Waals surface area contributed by atoms with Gasteiger partial charge in [-0.3, -0.25) is 0 Å². The molecule has 1 unspecified atom stereocenters. The summed E-state index contributed by atoms with van der Waals surface area (Å²) >= 11 is 0. The van der Waals surface area contributed by atoms with Gasteiger partial charge in [0.05, 0.1) is 6.21 Å². The average molecular weight is 550 g/mol. The number of hydrogen-bond donors (Lipinski definition) is 4. The highest BCUT2D eigenvalue weighted by molar-refractivity contribution is 5.83. The maximum Gasteiger partial charge on any atom is 0.428 e. The van der Waals surface area contributed by atoms with Crippen LogP contribution < -0.4 is 20.2 Å². The first-order valence-corrected chi connectivity index (χ1v) is 12.3. The first-order chi connectivity index (χ1) is 19.0. The summed E-state index contributed by atoms with van der Waals surface area (Å²) in [5, 5.41) is 25.9. The van der Waals surface area contributed by atoms with Crippen LogP contribution in [0.2, 0.25) is 0 Å². The van der Waals surface area contributed by atoms with Crippen molar-refractivity contribution in [1.82, 2.24) is 5.43 Å². The predicted octanol–water partition coefficient (Wildman–Crippen LogP) is 4.83. The second-order valence-corrected chi connectivity index (χ2v) is 9.57. The summed E-state index contributed by atoms with van der Waals surface area (Å²) < 4.78 is 16.3. The molecule has 0 aliphatic carbocycles. The Morgan fingerprint density at radius 3 is 2.27 bits per heavy atom. The minimum absolute atomic E-state index is 0.0892. The van der Waals surface area contributed by atoms with Crippen LogP contribution in [-0.4, -0.2) is 46.7 Å². The van der Waals surface area contributed by atoms with Gasteiger partial charge in [-0.2, -0.15) is 5.10 Å². The summed E-state index contributed by atoms with van der Waals surface area (Å²) in [6.07, 6.45) is 0.718. The molecule has 0 fully saturated rings. The van der Waals surface area contributed by atoms with Crippen LogP contribution in [0.25, 0.3) is 0 Å². The predicted molar refractivity (Wildman–Crippen MR) is 148 cm³/mol. The van der Waals surface area contributed by atoms with Crippen LogP contribution in [0.4, 0.5) is 10.5 Å². The van der Waals surface area contributed by atoms with Crippen molar-refractivity contribution in [3.8, 4) is 11.5 Å². The van der Waals surface area contributed by atoms with Crippen molar-refractivity contribution in [2.75, 3.05) is 11.9 Å². The number of hydrogen-bond acceptors (Lipinski definition) is 8. The lowest BCUT2D eigenvalue weighted by Gasteiger charge is -2.20. The minimum atomic E-state index is -1.29. The highest BCUT2D eigenvalue weighted by Crippen LogP contribution is 2.32. The van der Waals surface area contributed by atoms with E-state index in [1.807, 2.05) is 30.3 Å². The minimum Gasteiger partial charge on any atom is -0.489 e. The summed E-state index contributed by atoms with van der Waals surface area (Å²) in [5.41, 5.74) is 3.83. The van der Waals surface area contributed by atoms with E-state index in [0.717, 1.165) is 5.56 Å². The molecule has 0 heterocycles. The summed E-state index contributed by atoms with van der Waals surface area (Å²) in [5.74, 6) is -1.94. The third-order valence-corrected chi connectivity index (χ3v) is 5.13. The Morgan fingerprint density at radius 2 is 1.65 bits per heavy atom. The van der Waals surface area contributed by atoms with E-state index in [-0.39, 0.29) is 17.9 Å². The first-order valence-electron chi connectivity index (χ1n) is 12.3. The van der Waals surface area contributed by atoms with Gasteiger partial charge in [0.2, 0.25) is 0 Å². The van der Waals surface area contributed by atoms with Crippen molar-refractivity contribution in [2.45, 2.75) is 39.0 Å². The van der Waals surface area contributed by atoms with Crippen molar-refractivity contribution in [3.05, 3.63) is 89.5 Å². The van der Waals surface area contributed by atoms with Crippen LogP contribution in [-0.2, 0) is 20.9 Å². The highest BCUT2D eigenvalue weighted by Gasteiger charge is 2.25. The number of hydrazone groups is 1. The number of carbonyl (C=O) groups is 3. The largest absolute Gasteiger partial charge is 0.489 e. The second kappa shape index (κ2) is 13.7. The number of benzene rings is 3. The Hall–Kier alpha value is -5.06. The molecule has 0 saturated heterocycles. The van der Waals surface area contributed by atoms with Crippen LogP contribution in [0, 0.1) is 0 Å². The lowest BCUT2D eigenvalue weighted by molar-refractivity contribution is -0.139. The van der Waals surface area contributed by atoms with E-state index in [0.29, 0.717) is 17.0 Å². The normalized spacial score (nSPS) is 11.9. The molecule has 3 aromatic rings. The molecule has 0 spiro atoms. The number of aliphatic carboxylic acids is 2. The molecule has 11 nitrogen and oxygen atoms in total. The molecule has 0 bridgehead atoms. The monoisotopic (exact) mass is 549 g/mol. The van der Waals surface area contributed by atoms with Gasteiger partial charge in [-0.25, -0.2) is 19.8 Å². The molecule has 3 aromatic carbocycles. The van der Waals surface area contributed by atoms with E-state index in [4.69, 9.17) is 19.3 Å². The summed E-state index contributed by atoms with van der Waals surface area (Å²) in [4.78, 5) is 35.1. The number of amides is 1. The second-order valence-electron chi connectivity index (χ2n) is 9.57. The molecule has 1 atom stereocenters. The van der Waals surface area contributed by atoms with Crippen molar-refractivity contribution >= 4 is 29.9 Å². The van der Waals surface area contributed by atoms with Gasteiger partial charge in [0.25, 0.3) is 0 Å². The SMILES string of the molecule is CC(C)(C)OC(=O)NN=Cc1ccc(NC(C(=O)O)c2cc(OCc3ccccc3)ccc2OCC(=O)O)cc1. The Labute approximate surface area is 231 Å². The van der Waals surface area contributed by atoms with Crippen molar-refractivity contribution < 1.29 is 38.8 Å². The molecule has 0 aliphatic rings. The number of carbonyl (C=O) groups excluding carboxylic acids is 1. The Morgan fingerprint density at radius 1 is 0.950 bits per heavy atom. The lowest BCUT2D eigenvalue weighted by atomic mass is 10.0. The molecule has 1 amide bonds. The van der Waals surface area contributed by atoms with Gasteiger partial charge in [-0.15, -0.1) is 0 Å².